The lowest BCUT2D eigenvalue weighted by atomic mass is 10.2. The third-order valence-electron chi connectivity index (χ3n) is 2.21. The quantitative estimate of drug-likeness (QED) is 0.828. The molecule has 6 heteroatoms. The van der Waals surface area contributed by atoms with E-state index < -0.39 is 17.8 Å². The van der Waals surface area contributed by atoms with Gasteiger partial charge in [-0.1, -0.05) is 11.8 Å². The zero-order chi connectivity index (χ0) is 16.6. The molecule has 0 unspecified atom stereocenters. The number of alkyl carbamates (subject to hydrolysis) is 1. The van der Waals surface area contributed by atoms with Crippen LogP contribution in [-0.4, -0.2) is 41.0 Å². The lowest BCUT2D eigenvalue weighted by Gasteiger charge is -2.19. The number of amides is 1. The number of carbonyl (C=O) groups is 1. The molecule has 120 valence electrons. The molecule has 0 saturated carbocycles. The number of ether oxygens (including phenoxy) is 2. The summed E-state index contributed by atoms with van der Waals surface area (Å²) in [5.41, 5.74) is 0.103. The van der Waals surface area contributed by atoms with Crippen LogP contribution < -0.4 is 10.1 Å². The number of carbonyl (C=O) groups excluding carboxylic acids is 1. The van der Waals surface area contributed by atoms with Crippen LogP contribution in [0.1, 0.15) is 33.3 Å². The average Bonchev–Trinajstić information content (AvgIpc) is 2.40. The molecular weight excluding hydrogens is 284 g/mol. The van der Waals surface area contributed by atoms with Gasteiger partial charge in [0, 0.05) is 6.20 Å². The maximum absolute atomic E-state index is 11.5. The van der Waals surface area contributed by atoms with Crippen molar-refractivity contribution in [3.8, 4) is 17.6 Å². The first-order chi connectivity index (χ1) is 10.3. The first-order valence-corrected chi connectivity index (χ1v) is 6.98. The second-order valence-corrected chi connectivity index (χ2v) is 5.69. The fourth-order valence-corrected chi connectivity index (χ4v) is 1.38. The number of nitrogens with one attached hydrogen (secondary N) is 1. The van der Waals surface area contributed by atoms with Gasteiger partial charge in [0.05, 0.1) is 24.4 Å². The number of hydrogen-bond acceptors (Lipinski definition) is 5. The predicted molar refractivity (Wildman–Crippen MR) is 82.5 cm³/mol. The van der Waals surface area contributed by atoms with Crippen LogP contribution in [0, 0.1) is 11.8 Å². The fraction of sp³-hybridized carbons (Fsp3) is 0.500. The average molecular weight is 306 g/mol. The molecule has 1 aromatic heterocycles. The summed E-state index contributed by atoms with van der Waals surface area (Å²) in [7, 11) is 0. The van der Waals surface area contributed by atoms with Crippen molar-refractivity contribution < 1.29 is 19.4 Å². The Morgan fingerprint density at radius 3 is 2.86 bits per heavy atom. The molecule has 0 spiro atoms. The Labute approximate surface area is 130 Å². The number of nitrogens with zero attached hydrogens (tertiary/aromatic N) is 1. The number of hydrogen-bond donors (Lipinski definition) is 2. The van der Waals surface area contributed by atoms with Gasteiger partial charge in [-0.2, -0.15) is 0 Å². The van der Waals surface area contributed by atoms with Gasteiger partial charge in [-0.15, -0.1) is 0 Å². The van der Waals surface area contributed by atoms with E-state index in [1.54, 1.807) is 40.0 Å². The molecule has 1 rings (SSSR count). The highest BCUT2D eigenvalue weighted by Gasteiger charge is 2.15. The Bertz CT molecular complexity index is 553. The van der Waals surface area contributed by atoms with Crippen LogP contribution >= 0.6 is 0 Å². The van der Waals surface area contributed by atoms with Crippen LogP contribution in [0.25, 0.3) is 0 Å². The molecule has 1 heterocycles. The summed E-state index contributed by atoms with van der Waals surface area (Å²) in [4.78, 5) is 15.4. The molecule has 0 radical (unpaired) electrons. The molecule has 1 atom stereocenters. The minimum Gasteiger partial charge on any atom is -0.488 e. The van der Waals surface area contributed by atoms with Gasteiger partial charge >= 0.3 is 6.09 Å². The number of aliphatic hydroxyl groups excluding tert-OH is 1. The summed E-state index contributed by atoms with van der Waals surface area (Å²) in [6.07, 6.45) is 2.05. The molecule has 0 bridgehead atoms. The smallest absolute Gasteiger partial charge is 0.408 e. The van der Waals surface area contributed by atoms with Crippen LogP contribution in [0.3, 0.4) is 0 Å². The van der Waals surface area contributed by atoms with Crippen LogP contribution in [-0.2, 0) is 4.74 Å². The normalized spacial score (nSPS) is 11.9. The molecule has 0 aromatic carbocycles. The van der Waals surface area contributed by atoms with Crippen LogP contribution in [0.5, 0.6) is 5.75 Å². The van der Waals surface area contributed by atoms with Crippen molar-refractivity contribution in [1.82, 2.24) is 10.3 Å². The molecule has 1 amide bonds. The van der Waals surface area contributed by atoms with Crippen molar-refractivity contribution in [2.45, 2.75) is 39.4 Å². The summed E-state index contributed by atoms with van der Waals surface area (Å²) in [5, 5.41) is 11.8. The first kappa shape index (κ1) is 17.8. The van der Waals surface area contributed by atoms with Crippen molar-refractivity contribution in [1.29, 1.82) is 0 Å². The van der Waals surface area contributed by atoms with E-state index in [1.807, 2.05) is 0 Å². The summed E-state index contributed by atoms with van der Waals surface area (Å²) in [6, 6.07) is 1.71. The van der Waals surface area contributed by atoms with E-state index in [-0.39, 0.29) is 13.2 Å². The monoisotopic (exact) mass is 306 g/mol. The zero-order valence-electron chi connectivity index (χ0n) is 13.3. The zero-order valence-corrected chi connectivity index (χ0v) is 13.3. The molecule has 0 aliphatic carbocycles. The van der Waals surface area contributed by atoms with Crippen molar-refractivity contribution in [3.63, 3.8) is 0 Å². The first-order valence-electron chi connectivity index (χ1n) is 6.98. The lowest BCUT2D eigenvalue weighted by Crippen LogP contribution is -2.32. The van der Waals surface area contributed by atoms with Crippen molar-refractivity contribution in [2.75, 3.05) is 13.2 Å². The van der Waals surface area contributed by atoms with E-state index in [4.69, 9.17) is 9.47 Å². The fourth-order valence-electron chi connectivity index (χ4n) is 1.38. The van der Waals surface area contributed by atoms with E-state index >= 15 is 0 Å². The number of pyridine rings is 1. The topological polar surface area (TPSA) is 80.7 Å². The molecular formula is C16H22N2O4. The van der Waals surface area contributed by atoms with Gasteiger partial charge in [-0.3, -0.25) is 4.98 Å². The number of aromatic nitrogens is 1. The molecule has 2 N–H and O–H groups in total. The predicted octanol–water partition coefficient (Wildman–Crippen LogP) is 1.72. The van der Waals surface area contributed by atoms with Crippen LogP contribution in [0.15, 0.2) is 18.5 Å². The maximum atomic E-state index is 11.5. The summed E-state index contributed by atoms with van der Waals surface area (Å²) in [5.74, 6) is 6.20. The van der Waals surface area contributed by atoms with E-state index in [1.165, 1.54) is 6.20 Å². The largest absolute Gasteiger partial charge is 0.488 e. The van der Waals surface area contributed by atoms with E-state index in [0.29, 0.717) is 11.3 Å². The highest BCUT2D eigenvalue weighted by molar-refractivity contribution is 5.68. The Hall–Kier alpha value is -2.26. The van der Waals surface area contributed by atoms with Gasteiger partial charge in [0.2, 0.25) is 0 Å². The minimum absolute atomic E-state index is 0.160. The van der Waals surface area contributed by atoms with E-state index in [2.05, 4.69) is 22.1 Å². The Morgan fingerprint density at radius 2 is 2.23 bits per heavy atom. The van der Waals surface area contributed by atoms with Gasteiger partial charge in [0.15, 0.2) is 5.75 Å². The Balaban J connectivity index is 2.56. The highest BCUT2D eigenvalue weighted by Crippen LogP contribution is 2.15. The standard InChI is InChI=1S/C16H22N2O4/c1-12(19)11-21-14-10-17-9-7-13(14)6-5-8-18-15(20)22-16(2,3)4/h7,9-10,12,19H,8,11H2,1-4H3,(H,18,20)/t12-/m1/s1. The molecule has 0 fully saturated rings. The van der Waals surface area contributed by atoms with Crippen molar-refractivity contribution >= 4 is 6.09 Å². The molecule has 0 saturated heterocycles. The molecule has 0 aliphatic heterocycles. The highest BCUT2D eigenvalue weighted by atomic mass is 16.6. The van der Waals surface area contributed by atoms with Gasteiger partial charge < -0.3 is 19.9 Å². The SMILES string of the molecule is C[C@@H](O)COc1cnccc1C#CCNC(=O)OC(C)(C)C. The number of rotatable bonds is 4. The number of aliphatic hydroxyl groups is 1. The third kappa shape index (κ3) is 7.50. The van der Waals surface area contributed by atoms with Crippen LogP contribution in [0.4, 0.5) is 4.79 Å². The van der Waals surface area contributed by atoms with Gasteiger partial charge in [0.1, 0.15) is 12.2 Å². The van der Waals surface area contributed by atoms with E-state index in [0.717, 1.165) is 0 Å². The maximum Gasteiger partial charge on any atom is 0.408 e. The van der Waals surface area contributed by atoms with Crippen molar-refractivity contribution in [2.24, 2.45) is 0 Å². The Kier molecular flexibility index (Phi) is 6.67. The summed E-state index contributed by atoms with van der Waals surface area (Å²) < 4.78 is 10.5. The Morgan fingerprint density at radius 1 is 1.50 bits per heavy atom. The summed E-state index contributed by atoms with van der Waals surface area (Å²) in [6.45, 7) is 7.33. The molecule has 1 aromatic rings. The van der Waals surface area contributed by atoms with E-state index in [9.17, 15) is 9.90 Å². The third-order valence-corrected chi connectivity index (χ3v) is 2.21. The lowest BCUT2D eigenvalue weighted by molar-refractivity contribution is 0.0535. The van der Waals surface area contributed by atoms with Gasteiger partial charge in [0.25, 0.3) is 0 Å². The second-order valence-electron chi connectivity index (χ2n) is 5.69. The summed E-state index contributed by atoms with van der Waals surface area (Å²) >= 11 is 0. The van der Waals surface area contributed by atoms with Gasteiger partial charge in [-0.25, -0.2) is 4.79 Å². The molecule has 22 heavy (non-hydrogen) atoms. The van der Waals surface area contributed by atoms with Crippen LogP contribution in [0.2, 0.25) is 0 Å². The minimum atomic E-state index is -0.574. The molecule has 0 aliphatic rings. The van der Waals surface area contributed by atoms with Crippen molar-refractivity contribution in [3.05, 3.63) is 24.0 Å². The molecule has 6 nitrogen and oxygen atoms in total. The van der Waals surface area contributed by atoms with Gasteiger partial charge in [-0.05, 0) is 33.8 Å². The second kappa shape index (κ2) is 8.25.